The highest BCUT2D eigenvalue weighted by atomic mass is 35.5. The van der Waals surface area contributed by atoms with Gasteiger partial charge in [-0.05, 0) is 26.0 Å². The van der Waals surface area contributed by atoms with Gasteiger partial charge in [-0.1, -0.05) is 23.2 Å². The number of sulfonamides is 1. The fraction of sp³-hybridized carbons (Fsp3) is 0.417. The Morgan fingerprint density at radius 1 is 1.43 bits per heavy atom. The van der Waals surface area contributed by atoms with E-state index in [1.165, 1.54) is 24.0 Å². The minimum Gasteiger partial charge on any atom is -0.398 e. The summed E-state index contributed by atoms with van der Waals surface area (Å²) in [5.41, 5.74) is 5.58. The van der Waals surface area contributed by atoms with Gasteiger partial charge in [-0.15, -0.1) is 0 Å². The van der Waals surface area contributed by atoms with E-state index < -0.39 is 16.1 Å². The van der Waals surface area contributed by atoms with E-state index in [4.69, 9.17) is 28.9 Å². The van der Waals surface area contributed by atoms with Gasteiger partial charge in [0.1, 0.15) is 4.90 Å². The number of nitrogens with zero attached hydrogens (tertiary/aromatic N) is 1. The van der Waals surface area contributed by atoms with Crippen LogP contribution < -0.4 is 10.5 Å². The van der Waals surface area contributed by atoms with Gasteiger partial charge >= 0.3 is 0 Å². The van der Waals surface area contributed by atoms with Crippen LogP contribution in [0.4, 0.5) is 5.69 Å². The van der Waals surface area contributed by atoms with Crippen LogP contribution in [0.1, 0.15) is 13.8 Å². The van der Waals surface area contributed by atoms with Crippen LogP contribution in [0, 0.1) is 0 Å². The summed E-state index contributed by atoms with van der Waals surface area (Å²) in [6, 6.07) is 1.62. The van der Waals surface area contributed by atoms with Gasteiger partial charge in [0.05, 0.1) is 16.8 Å². The molecule has 0 aromatic heterocycles. The molecule has 1 amide bonds. The molecule has 0 aliphatic rings. The third-order valence-electron chi connectivity index (χ3n) is 2.86. The molecule has 3 N–H and O–H groups in total. The lowest BCUT2D eigenvalue weighted by Crippen LogP contribution is -2.45. The van der Waals surface area contributed by atoms with Crippen molar-refractivity contribution in [2.24, 2.45) is 0 Å². The minimum absolute atomic E-state index is 0.0801. The molecule has 0 heterocycles. The van der Waals surface area contributed by atoms with Crippen molar-refractivity contribution >= 4 is 44.8 Å². The second-order valence-corrected chi connectivity index (χ2v) is 7.00. The van der Waals surface area contributed by atoms with Crippen molar-refractivity contribution in [2.75, 3.05) is 19.3 Å². The van der Waals surface area contributed by atoms with Gasteiger partial charge in [0.15, 0.2) is 0 Å². The highest BCUT2D eigenvalue weighted by Crippen LogP contribution is 2.31. The van der Waals surface area contributed by atoms with E-state index in [0.717, 1.165) is 0 Å². The van der Waals surface area contributed by atoms with E-state index in [0.29, 0.717) is 6.54 Å². The molecule has 0 fully saturated rings. The molecule has 1 unspecified atom stereocenters. The second-order valence-electron chi connectivity index (χ2n) is 4.50. The molecule has 0 spiro atoms. The number of benzene rings is 1. The minimum atomic E-state index is -4.04. The molecule has 1 rings (SSSR count). The summed E-state index contributed by atoms with van der Waals surface area (Å²) in [6.07, 6.45) is 0. The average molecular weight is 354 g/mol. The quantitative estimate of drug-likeness (QED) is 0.788. The Kier molecular flexibility index (Phi) is 5.86. The zero-order chi connectivity index (χ0) is 16.4. The molecule has 0 radical (unpaired) electrons. The van der Waals surface area contributed by atoms with Gasteiger partial charge in [0, 0.05) is 18.6 Å². The number of carbonyl (C=O) groups is 1. The van der Waals surface area contributed by atoms with Crippen LogP contribution in [0.2, 0.25) is 10.0 Å². The first-order valence-corrected chi connectivity index (χ1v) is 8.35. The van der Waals surface area contributed by atoms with Crippen LogP contribution >= 0.6 is 23.2 Å². The fourth-order valence-electron chi connectivity index (χ4n) is 1.69. The lowest BCUT2D eigenvalue weighted by atomic mass is 10.3. The molecule has 9 heteroatoms. The van der Waals surface area contributed by atoms with E-state index in [9.17, 15) is 13.2 Å². The number of halogens is 2. The molecule has 21 heavy (non-hydrogen) atoms. The van der Waals surface area contributed by atoms with Crippen LogP contribution in [0.3, 0.4) is 0 Å². The zero-order valence-corrected chi connectivity index (χ0v) is 14.2. The Hall–Kier alpha value is -1.02. The van der Waals surface area contributed by atoms with Crippen LogP contribution in [0.25, 0.3) is 0 Å². The Balaban J connectivity index is 3.11. The van der Waals surface area contributed by atoms with Crippen molar-refractivity contribution in [3.8, 4) is 0 Å². The van der Waals surface area contributed by atoms with Crippen molar-refractivity contribution in [2.45, 2.75) is 24.8 Å². The zero-order valence-electron chi connectivity index (χ0n) is 11.9. The van der Waals surface area contributed by atoms with E-state index in [-0.39, 0.29) is 26.5 Å². The Morgan fingerprint density at radius 3 is 2.48 bits per heavy atom. The third-order valence-corrected chi connectivity index (χ3v) is 5.14. The highest BCUT2D eigenvalue weighted by Gasteiger charge is 2.27. The Labute approximate surface area is 134 Å². The van der Waals surface area contributed by atoms with E-state index >= 15 is 0 Å². The van der Waals surface area contributed by atoms with Gasteiger partial charge < -0.3 is 10.6 Å². The van der Waals surface area contributed by atoms with Gasteiger partial charge in [0.25, 0.3) is 0 Å². The summed E-state index contributed by atoms with van der Waals surface area (Å²) in [7, 11) is -2.46. The molecule has 6 nitrogen and oxygen atoms in total. The van der Waals surface area contributed by atoms with Gasteiger partial charge in [-0.3, -0.25) is 4.79 Å². The molecule has 1 atom stereocenters. The van der Waals surface area contributed by atoms with Crippen LogP contribution in [-0.4, -0.2) is 38.9 Å². The summed E-state index contributed by atoms with van der Waals surface area (Å²) in [4.78, 5) is 13.0. The average Bonchev–Trinajstić information content (AvgIpc) is 2.34. The first-order chi connectivity index (χ1) is 9.60. The smallest absolute Gasteiger partial charge is 0.244 e. The molecule has 0 saturated heterocycles. The second kappa shape index (κ2) is 6.83. The summed E-state index contributed by atoms with van der Waals surface area (Å²) in [6.45, 7) is 3.70. The molecule has 0 bridgehead atoms. The summed E-state index contributed by atoms with van der Waals surface area (Å²) < 4.78 is 26.9. The highest BCUT2D eigenvalue weighted by molar-refractivity contribution is 7.89. The maximum Gasteiger partial charge on any atom is 0.244 e. The van der Waals surface area contributed by atoms with Gasteiger partial charge in [-0.25, -0.2) is 8.42 Å². The lowest BCUT2D eigenvalue weighted by molar-refractivity contribution is -0.131. The van der Waals surface area contributed by atoms with Gasteiger partial charge in [0.2, 0.25) is 15.9 Å². The lowest BCUT2D eigenvalue weighted by Gasteiger charge is -2.21. The number of rotatable bonds is 5. The number of hydrogen-bond acceptors (Lipinski definition) is 4. The topological polar surface area (TPSA) is 92.5 Å². The maximum atomic E-state index is 12.3. The summed E-state index contributed by atoms with van der Waals surface area (Å²) >= 11 is 11.6. The number of hydrogen-bond donors (Lipinski definition) is 2. The number of nitrogens with two attached hydrogens (primary N) is 1. The molecule has 1 aromatic carbocycles. The van der Waals surface area contributed by atoms with Crippen molar-refractivity contribution in [1.29, 1.82) is 0 Å². The molecule has 118 valence electrons. The first kappa shape index (κ1) is 18.0. The van der Waals surface area contributed by atoms with Crippen molar-refractivity contribution in [3.05, 3.63) is 22.2 Å². The molecule has 0 saturated carbocycles. The third kappa shape index (κ3) is 4.23. The predicted molar refractivity (Wildman–Crippen MR) is 84.0 cm³/mol. The summed E-state index contributed by atoms with van der Waals surface area (Å²) in [5, 5.41) is 0.127. The molecular formula is C12H17Cl2N3O3S. The number of amides is 1. The number of likely N-dealkylation sites (N-methyl/N-ethyl adjacent to an activating group) is 1. The van der Waals surface area contributed by atoms with Gasteiger partial charge in [-0.2, -0.15) is 4.72 Å². The van der Waals surface area contributed by atoms with E-state index in [2.05, 4.69) is 4.72 Å². The standard InChI is InChI=1S/C12H17Cl2N3O3S/c1-4-17(3)12(18)7(2)16-21(19,20)11-9(14)5-8(13)6-10(11)15/h5-7,16H,4,15H2,1-3H3. The van der Waals surface area contributed by atoms with Crippen molar-refractivity contribution in [3.63, 3.8) is 0 Å². The van der Waals surface area contributed by atoms with E-state index in [1.54, 1.807) is 14.0 Å². The number of anilines is 1. The van der Waals surface area contributed by atoms with Crippen LogP contribution in [-0.2, 0) is 14.8 Å². The molecule has 0 aliphatic heterocycles. The van der Waals surface area contributed by atoms with Crippen LogP contribution in [0.5, 0.6) is 0 Å². The molecular weight excluding hydrogens is 337 g/mol. The number of nitrogen functional groups attached to an aromatic ring is 1. The van der Waals surface area contributed by atoms with Crippen molar-refractivity contribution in [1.82, 2.24) is 9.62 Å². The number of nitrogens with one attached hydrogen (secondary N) is 1. The first-order valence-electron chi connectivity index (χ1n) is 6.12. The van der Waals surface area contributed by atoms with Crippen LogP contribution in [0.15, 0.2) is 17.0 Å². The Bertz CT molecular complexity index is 626. The summed E-state index contributed by atoms with van der Waals surface area (Å²) in [5.74, 6) is -0.357. The predicted octanol–water partition coefficient (Wildman–Crippen LogP) is 1.72. The van der Waals surface area contributed by atoms with E-state index in [1.807, 2.05) is 0 Å². The maximum absolute atomic E-state index is 12.3. The monoisotopic (exact) mass is 353 g/mol. The Morgan fingerprint density at radius 2 is 2.00 bits per heavy atom. The molecule has 1 aromatic rings. The fourth-order valence-corrected chi connectivity index (χ4v) is 3.88. The molecule has 0 aliphatic carbocycles. The largest absolute Gasteiger partial charge is 0.398 e. The number of carbonyl (C=O) groups excluding carboxylic acids is 1. The normalized spacial score (nSPS) is 13.0. The van der Waals surface area contributed by atoms with Crippen molar-refractivity contribution < 1.29 is 13.2 Å². The SMILES string of the molecule is CCN(C)C(=O)C(C)NS(=O)(=O)c1c(N)cc(Cl)cc1Cl.